The molecule has 2 aliphatic rings. The molecule has 4 atom stereocenters. The van der Waals surface area contributed by atoms with Gasteiger partial charge in [0.1, 0.15) is 5.75 Å². The average molecular weight is 434 g/mol. The van der Waals surface area contributed by atoms with Gasteiger partial charge in [0.05, 0.1) is 18.8 Å². The number of halogens is 3. The molecule has 5 nitrogen and oxygen atoms in total. The van der Waals surface area contributed by atoms with E-state index in [1.807, 2.05) is 0 Å². The first-order valence-electron chi connectivity index (χ1n) is 10.4. The molecule has 2 N–H and O–H groups in total. The molecule has 1 aromatic carbocycles. The van der Waals surface area contributed by atoms with Gasteiger partial charge in [-0.15, -0.1) is 0 Å². The van der Waals surface area contributed by atoms with Crippen LogP contribution in [0, 0.1) is 24.7 Å². The molecule has 1 heterocycles. The minimum atomic E-state index is -4.36. The van der Waals surface area contributed by atoms with Crippen LogP contribution in [0.5, 0.6) is 5.75 Å². The zero-order valence-corrected chi connectivity index (χ0v) is 17.2. The Hall–Kier alpha value is -2.61. The van der Waals surface area contributed by atoms with Crippen LogP contribution in [0.4, 0.5) is 13.2 Å². The predicted octanol–water partition coefficient (Wildman–Crippen LogP) is 4.48. The lowest BCUT2D eigenvalue weighted by atomic mass is 9.86. The lowest BCUT2D eigenvalue weighted by Crippen LogP contribution is -2.40. The monoisotopic (exact) mass is 434 g/mol. The number of aromatic hydroxyl groups is 1. The fourth-order valence-corrected chi connectivity index (χ4v) is 4.89. The Morgan fingerprint density at radius 1 is 1.23 bits per heavy atom. The van der Waals surface area contributed by atoms with Gasteiger partial charge < -0.3 is 15.2 Å². The van der Waals surface area contributed by atoms with Gasteiger partial charge >= 0.3 is 6.18 Å². The fourth-order valence-electron chi connectivity index (χ4n) is 4.89. The number of aryl methyl sites for hydroxylation is 1. The van der Waals surface area contributed by atoms with E-state index in [4.69, 9.17) is 4.74 Å². The summed E-state index contributed by atoms with van der Waals surface area (Å²) in [4.78, 5) is 16.5. The molecule has 31 heavy (non-hydrogen) atoms. The summed E-state index contributed by atoms with van der Waals surface area (Å²) in [6.45, 7) is 2.36. The van der Waals surface area contributed by atoms with Crippen molar-refractivity contribution in [1.29, 1.82) is 0 Å². The maximum atomic E-state index is 12.8. The summed E-state index contributed by atoms with van der Waals surface area (Å²) in [7, 11) is 0. The van der Waals surface area contributed by atoms with Gasteiger partial charge in [0.15, 0.2) is 5.69 Å². The number of alkyl halides is 3. The lowest BCUT2D eigenvalue weighted by molar-refractivity contribution is -0.137. The third-order valence-electron chi connectivity index (χ3n) is 6.52. The maximum absolute atomic E-state index is 12.8. The molecule has 0 saturated heterocycles. The number of nitrogens with zero attached hydrogens (tertiary/aromatic N) is 1. The molecule has 2 fully saturated rings. The summed E-state index contributed by atoms with van der Waals surface area (Å²) < 4.78 is 44.2. The number of aromatic nitrogens is 1. The van der Waals surface area contributed by atoms with Gasteiger partial charge in [-0.25, -0.2) is 4.98 Å². The van der Waals surface area contributed by atoms with Crippen LogP contribution in [0.3, 0.4) is 0 Å². The van der Waals surface area contributed by atoms with Crippen LogP contribution in [0.2, 0.25) is 0 Å². The quantitative estimate of drug-likeness (QED) is 0.704. The van der Waals surface area contributed by atoms with Crippen LogP contribution < -0.4 is 5.32 Å². The Labute approximate surface area is 178 Å². The highest BCUT2D eigenvalue weighted by Gasteiger charge is 2.46. The van der Waals surface area contributed by atoms with Crippen LogP contribution >= 0.6 is 0 Å². The normalized spacial score (nSPS) is 25.0. The van der Waals surface area contributed by atoms with Gasteiger partial charge in [0, 0.05) is 12.2 Å². The number of fused-ring (bicyclic) bond motifs is 2. The zero-order chi connectivity index (χ0) is 22.2. The molecule has 0 aliphatic heterocycles. The summed E-state index contributed by atoms with van der Waals surface area (Å²) in [5.41, 5.74) is 0.490. The minimum Gasteiger partial charge on any atom is -0.505 e. The molecule has 2 aliphatic carbocycles. The number of amides is 1. The number of nitrogens with one attached hydrogen (secondary N) is 1. The van der Waals surface area contributed by atoms with E-state index in [-0.39, 0.29) is 30.0 Å². The average Bonchev–Trinajstić information content (AvgIpc) is 3.29. The van der Waals surface area contributed by atoms with Crippen molar-refractivity contribution >= 4 is 5.91 Å². The first kappa shape index (κ1) is 21.6. The van der Waals surface area contributed by atoms with Crippen molar-refractivity contribution in [3.63, 3.8) is 0 Å². The van der Waals surface area contributed by atoms with Gasteiger partial charge in [0.25, 0.3) is 5.91 Å². The van der Waals surface area contributed by atoms with Crippen LogP contribution in [0.25, 0.3) is 0 Å². The molecule has 2 unspecified atom stereocenters. The standard InChI is InChI=1S/C23H25F3N2O3/c1-13-5-6-27-20(21(13)29)22(30)28-19-10-15-8-16(19)9-17(15)12-31-11-14-3-2-4-18(7-14)23(24,25)26/h2-7,15-17,19,29H,8-12H2,1H3,(H,28,30)/t15?,16?,17-,19+/m1/s1. The second-order valence-electron chi connectivity index (χ2n) is 8.61. The first-order valence-corrected chi connectivity index (χ1v) is 10.4. The van der Waals surface area contributed by atoms with E-state index in [0.717, 1.165) is 31.4 Å². The molecule has 166 valence electrons. The molecule has 8 heteroatoms. The Kier molecular flexibility index (Phi) is 5.92. The number of ether oxygens (including phenoxy) is 1. The summed E-state index contributed by atoms with van der Waals surface area (Å²) in [5, 5.41) is 13.1. The Morgan fingerprint density at radius 2 is 2.03 bits per heavy atom. The van der Waals surface area contributed by atoms with Crippen LogP contribution in [-0.2, 0) is 17.5 Å². The van der Waals surface area contributed by atoms with Crippen molar-refractivity contribution in [3.05, 3.63) is 58.9 Å². The van der Waals surface area contributed by atoms with Crippen molar-refractivity contribution in [1.82, 2.24) is 10.3 Å². The molecule has 1 aromatic heterocycles. The molecule has 0 radical (unpaired) electrons. The Bertz CT molecular complexity index is 963. The molecular weight excluding hydrogens is 409 g/mol. The number of hydrogen-bond acceptors (Lipinski definition) is 4. The number of benzene rings is 1. The zero-order valence-electron chi connectivity index (χ0n) is 17.2. The smallest absolute Gasteiger partial charge is 0.416 e. The third kappa shape index (κ3) is 4.69. The highest BCUT2D eigenvalue weighted by Crippen LogP contribution is 2.48. The van der Waals surface area contributed by atoms with E-state index in [1.165, 1.54) is 12.3 Å². The van der Waals surface area contributed by atoms with Gasteiger partial charge in [-0.2, -0.15) is 13.2 Å². The molecule has 0 spiro atoms. The van der Waals surface area contributed by atoms with Gasteiger partial charge in [-0.3, -0.25) is 4.79 Å². The van der Waals surface area contributed by atoms with Crippen LogP contribution in [0.1, 0.15) is 46.4 Å². The van der Waals surface area contributed by atoms with E-state index in [1.54, 1.807) is 19.1 Å². The third-order valence-corrected chi connectivity index (χ3v) is 6.52. The number of carbonyl (C=O) groups is 1. The lowest BCUT2D eigenvalue weighted by Gasteiger charge is -2.28. The predicted molar refractivity (Wildman–Crippen MR) is 107 cm³/mol. The van der Waals surface area contributed by atoms with Crippen molar-refractivity contribution in [2.45, 2.75) is 45.0 Å². The highest BCUT2D eigenvalue weighted by atomic mass is 19.4. The SMILES string of the molecule is Cc1ccnc(C(=O)N[C@H]2CC3CC2C[C@@H]3COCc2cccc(C(F)(F)F)c2)c1O. The number of hydrogen-bond donors (Lipinski definition) is 2. The topological polar surface area (TPSA) is 71.5 Å². The largest absolute Gasteiger partial charge is 0.505 e. The van der Waals surface area contributed by atoms with E-state index in [9.17, 15) is 23.1 Å². The van der Waals surface area contributed by atoms with Gasteiger partial charge in [-0.1, -0.05) is 12.1 Å². The number of rotatable bonds is 6. The Morgan fingerprint density at radius 3 is 2.74 bits per heavy atom. The maximum Gasteiger partial charge on any atom is 0.416 e. The molecule has 2 bridgehead atoms. The molecule has 2 aromatic rings. The molecule has 4 rings (SSSR count). The van der Waals surface area contributed by atoms with Crippen molar-refractivity contribution in [2.75, 3.05) is 6.61 Å². The summed E-state index contributed by atoms with van der Waals surface area (Å²) >= 11 is 0. The van der Waals surface area contributed by atoms with E-state index in [2.05, 4.69) is 10.3 Å². The Balaban J connectivity index is 1.26. The summed E-state index contributed by atoms with van der Waals surface area (Å²) in [6.07, 6.45) is -0.116. The van der Waals surface area contributed by atoms with Crippen molar-refractivity contribution in [2.24, 2.45) is 17.8 Å². The van der Waals surface area contributed by atoms with Gasteiger partial charge in [0.2, 0.25) is 0 Å². The van der Waals surface area contributed by atoms with Crippen LogP contribution in [-0.4, -0.2) is 28.6 Å². The van der Waals surface area contributed by atoms with Crippen LogP contribution in [0.15, 0.2) is 36.5 Å². The molecule has 1 amide bonds. The minimum absolute atomic E-state index is 0.0407. The summed E-state index contributed by atoms with van der Waals surface area (Å²) in [6, 6.07) is 6.90. The van der Waals surface area contributed by atoms with E-state index in [0.29, 0.717) is 35.5 Å². The first-order chi connectivity index (χ1) is 14.7. The van der Waals surface area contributed by atoms with Gasteiger partial charge in [-0.05, 0) is 73.3 Å². The van der Waals surface area contributed by atoms with E-state index < -0.39 is 11.7 Å². The second kappa shape index (κ2) is 8.49. The van der Waals surface area contributed by atoms with Crippen molar-refractivity contribution in [3.8, 4) is 5.75 Å². The second-order valence-corrected chi connectivity index (χ2v) is 8.61. The highest BCUT2D eigenvalue weighted by molar-refractivity contribution is 5.95. The summed E-state index contributed by atoms with van der Waals surface area (Å²) in [5.74, 6) is 0.633. The van der Waals surface area contributed by atoms with E-state index >= 15 is 0 Å². The number of carbonyl (C=O) groups excluding carboxylic acids is 1. The fraction of sp³-hybridized carbons (Fsp3) is 0.478. The molecule has 2 saturated carbocycles. The number of pyridine rings is 1. The van der Waals surface area contributed by atoms with Crippen molar-refractivity contribution < 1.29 is 27.8 Å². The molecular formula is C23H25F3N2O3.